The summed E-state index contributed by atoms with van der Waals surface area (Å²) in [4.78, 5) is 0. The molecule has 6 rings (SSSR count). The van der Waals surface area contributed by atoms with E-state index in [1.807, 2.05) is 12.1 Å². The maximum absolute atomic E-state index is 5.71. The average Bonchev–Trinajstić information content (AvgIpc) is 3.41. The lowest BCUT2D eigenvalue weighted by atomic mass is 9.79. The molecule has 0 saturated heterocycles. The zero-order valence-electron chi connectivity index (χ0n) is 33.8. The number of rotatable bonds is 1. The van der Waals surface area contributed by atoms with Crippen molar-refractivity contribution in [1.82, 2.24) is 4.57 Å². The van der Waals surface area contributed by atoms with Crippen LogP contribution in [0.25, 0.3) is 27.5 Å². The number of terminal acetylenes is 1. The summed E-state index contributed by atoms with van der Waals surface area (Å²) in [5, 5.41) is 2.28. The summed E-state index contributed by atoms with van der Waals surface area (Å²) in [6.45, 7) is 27.2. The third-order valence-electron chi connectivity index (χ3n) is 10.1. The number of benzene rings is 5. The molecule has 53 heavy (non-hydrogen) atoms. The van der Waals surface area contributed by atoms with Crippen LogP contribution in [0.4, 0.5) is 0 Å². The van der Waals surface area contributed by atoms with E-state index in [9.17, 15) is 0 Å². The maximum Gasteiger partial charge on any atom is 0.0541 e. The second-order valence-electron chi connectivity index (χ2n) is 18.6. The molecule has 0 aliphatic rings. The van der Waals surface area contributed by atoms with Gasteiger partial charge in [0.15, 0.2) is 0 Å². The molecule has 0 radical (unpaired) electrons. The molecule has 1 aromatic heterocycles. The lowest BCUT2D eigenvalue weighted by Gasteiger charge is -2.25. The molecule has 0 fully saturated rings. The van der Waals surface area contributed by atoms with Gasteiger partial charge in [-0.3, -0.25) is 0 Å². The molecule has 1 nitrogen and oxygen atoms in total. The fourth-order valence-corrected chi connectivity index (χ4v) is 6.58. The van der Waals surface area contributed by atoms with Crippen LogP contribution < -0.4 is 0 Å². The summed E-state index contributed by atoms with van der Waals surface area (Å²) in [7, 11) is 0. The SMILES string of the molecule is C#Cc1ccc(-n2c3ccc(C#Cc4cc(C(C)(C)C)cc(C(C)(C)C)c4)cc3c3cc(C#Cc4cc(C(C)(C)C)cc(C(C)(C)C)c4)ccc32)cc1. The van der Waals surface area contributed by atoms with E-state index >= 15 is 0 Å². The van der Waals surface area contributed by atoms with Crippen molar-refractivity contribution in [2.24, 2.45) is 0 Å². The third kappa shape index (κ3) is 8.15. The summed E-state index contributed by atoms with van der Waals surface area (Å²) in [5.41, 5.74) is 13.5. The Kier molecular flexibility index (Phi) is 9.53. The van der Waals surface area contributed by atoms with Crippen molar-refractivity contribution in [2.75, 3.05) is 0 Å². The second kappa shape index (κ2) is 13.5. The van der Waals surface area contributed by atoms with Crippen LogP contribution >= 0.6 is 0 Å². The quantitative estimate of drug-likeness (QED) is 0.151. The number of hydrogen-bond acceptors (Lipinski definition) is 0. The second-order valence-corrected chi connectivity index (χ2v) is 18.6. The van der Waals surface area contributed by atoms with Crippen molar-refractivity contribution in [3.8, 4) is 41.7 Å². The smallest absolute Gasteiger partial charge is 0.0541 e. The summed E-state index contributed by atoms with van der Waals surface area (Å²) in [5.74, 6) is 16.9. The van der Waals surface area contributed by atoms with Gasteiger partial charge in [-0.2, -0.15) is 0 Å². The van der Waals surface area contributed by atoms with Gasteiger partial charge in [0.05, 0.1) is 11.0 Å². The minimum atomic E-state index is 0.0295. The Labute approximate surface area is 318 Å². The van der Waals surface area contributed by atoms with Crippen LogP contribution in [-0.4, -0.2) is 4.57 Å². The minimum Gasteiger partial charge on any atom is -0.309 e. The van der Waals surface area contributed by atoms with E-state index in [1.54, 1.807) is 0 Å². The largest absolute Gasteiger partial charge is 0.309 e. The zero-order valence-corrected chi connectivity index (χ0v) is 33.8. The number of nitrogens with zero attached hydrogens (tertiary/aromatic N) is 1. The minimum absolute atomic E-state index is 0.0295. The van der Waals surface area contributed by atoms with E-state index in [2.05, 4.69) is 202 Å². The third-order valence-corrected chi connectivity index (χ3v) is 10.1. The van der Waals surface area contributed by atoms with Crippen molar-refractivity contribution in [3.63, 3.8) is 0 Å². The highest BCUT2D eigenvalue weighted by molar-refractivity contribution is 6.10. The van der Waals surface area contributed by atoms with Gasteiger partial charge in [0.25, 0.3) is 0 Å². The Hall–Kier alpha value is -5.42. The van der Waals surface area contributed by atoms with Crippen LogP contribution in [0, 0.1) is 36.0 Å². The Bertz CT molecular complexity index is 2310. The van der Waals surface area contributed by atoms with E-state index in [1.165, 1.54) is 22.3 Å². The van der Waals surface area contributed by atoms with Crippen molar-refractivity contribution in [1.29, 1.82) is 0 Å². The maximum atomic E-state index is 5.71. The van der Waals surface area contributed by atoms with Crippen LogP contribution in [-0.2, 0) is 21.7 Å². The molecular weight excluding hydrogens is 639 g/mol. The van der Waals surface area contributed by atoms with Gasteiger partial charge in [-0.1, -0.05) is 125 Å². The fourth-order valence-electron chi connectivity index (χ4n) is 6.58. The molecule has 0 aliphatic carbocycles. The molecule has 1 heteroatoms. The first-order valence-electron chi connectivity index (χ1n) is 18.7. The molecule has 0 unspecified atom stereocenters. The Morgan fingerprint density at radius 3 is 1.02 bits per heavy atom. The zero-order chi connectivity index (χ0) is 38.5. The highest BCUT2D eigenvalue weighted by Gasteiger charge is 2.22. The molecule has 0 aliphatic heterocycles. The van der Waals surface area contributed by atoms with Crippen LogP contribution in [0.5, 0.6) is 0 Å². The topological polar surface area (TPSA) is 4.93 Å². The van der Waals surface area contributed by atoms with Gasteiger partial charge in [0.1, 0.15) is 0 Å². The lowest BCUT2D eigenvalue weighted by Crippen LogP contribution is -2.16. The van der Waals surface area contributed by atoms with Crippen LogP contribution in [0.3, 0.4) is 0 Å². The highest BCUT2D eigenvalue weighted by Crippen LogP contribution is 2.35. The summed E-state index contributed by atoms with van der Waals surface area (Å²) < 4.78 is 2.31. The first-order valence-corrected chi connectivity index (χ1v) is 18.7. The predicted molar refractivity (Wildman–Crippen MR) is 228 cm³/mol. The van der Waals surface area contributed by atoms with Gasteiger partial charge in [-0.15, -0.1) is 6.42 Å². The predicted octanol–water partition coefficient (Wildman–Crippen LogP) is 12.8. The van der Waals surface area contributed by atoms with Gasteiger partial charge in [-0.25, -0.2) is 0 Å². The van der Waals surface area contributed by atoms with E-state index in [0.717, 1.165) is 55.3 Å². The van der Waals surface area contributed by atoms with Gasteiger partial charge in [0, 0.05) is 44.3 Å². The first-order chi connectivity index (χ1) is 24.7. The molecule has 5 aromatic carbocycles. The molecule has 0 atom stereocenters. The van der Waals surface area contributed by atoms with Gasteiger partial charge in [-0.05, 0) is 129 Å². The van der Waals surface area contributed by atoms with E-state index in [-0.39, 0.29) is 21.7 Å². The standard InChI is InChI=1S/C52H53N/c1-14-35-19-23-44(24-20-35)53-47-25-21-36(15-17-38-27-40(49(2,3)4)33-41(28-38)50(5,6)7)31-45(47)46-32-37(22-26-48(46)53)16-18-39-29-42(51(8,9)10)34-43(30-39)52(11,12)13/h1,19-34H,2-13H3. The number of hydrogen-bond donors (Lipinski definition) is 0. The Morgan fingerprint density at radius 2 is 0.698 bits per heavy atom. The summed E-state index contributed by atoms with van der Waals surface area (Å²) >= 11 is 0. The highest BCUT2D eigenvalue weighted by atomic mass is 15.0. The molecule has 0 amide bonds. The van der Waals surface area contributed by atoms with Crippen LogP contribution in [0.15, 0.2) is 97.1 Å². The van der Waals surface area contributed by atoms with Crippen molar-refractivity contribution in [2.45, 2.75) is 105 Å². The molecular formula is C52H53N. The Morgan fingerprint density at radius 1 is 0.377 bits per heavy atom. The summed E-state index contributed by atoms with van der Waals surface area (Å²) in [6, 6.07) is 35.0. The molecule has 6 aromatic rings. The van der Waals surface area contributed by atoms with Crippen molar-refractivity contribution in [3.05, 3.63) is 147 Å². The lowest BCUT2D eigenvalue weighted by molar-refractivity contribution is 0.567. The number of fused-ring (bicyclic) bond motifs is 3. The van der Waals surface area contributed by atoms with Crippen molar-refractivity contribution < 1.29 is 0 Å². The van der Waals surface area contributed by atoms with E-state index in [4.69, 9.17) is 6.42 Å². The van der Waals surface area contributed by atoms with Gasteiger partial charge >= 0.3 is 0 Å². The molecule has 0 bridgehead atoms. The summed E-state index contributed by atoms with van der Waals surface area (Å²) in [6.07, 6.45) is 5.71. The monoisotopic (exact) mass is 691 g/mol. The van der Waals surface area contributed by atoms with Gasteiger partial charge in [0.2, 0.25) is 0 Å². The molecule has 0 N–H and O–H groups in total. The fraction of sp³-hybridized carbons (Fsp3) is 0.308. The van der Waals surface area contributed by atoms with Gasteiger partial charge < -0.3 is 4.57 Å². The molecule has 0 spiro atoms. The van der Waals surface area contributed by atoms with Crippen LogP contribution in [0.2, 0.25) is 0 Å². The van der Waals surface area contributed by atoms with Crippen LogP contribution in [0.1, 0.15) is 133 Å². The van der Waals surface area contributed by atoms with E-state index in [0.29, 0.717) is 0 Å². The number of aromatic nitrogens is 1. The van der Waals surface area contributed by atoms with E-state index < -0.39 is 0 Å². The molecule has 0 saturated carbocycles. The first kappa shape index (κ1) is 37.3. The normalized spacial score (nSPS) is 12.2. The average molecular weight is 692 g/mol. The Balaban J connectivity index is 1.51. The van der Waals surface area contributed by atoms with Crippen molar-refractivity contribution >= 4 is 21.8 Å². The molecule has 266 valence electrons. The molecule has 1 heterocycles.